The van der Waals surface area contributed by atoms with Gasteiger partial charge in [0.15, 0.2) is 0 Å². The zero-order valence-corrected chi connectivity index (χ0v) is 17.6. The predicted molar refractivity (Wildman–Crippen MR) is 103 cm³/mol. The lowest BCUT2D eigenvalue weighted by Gasteiger charge is -2.67. The molecule has 0 heterocycles. The molecule has 4 aliphatic rings. The Morgan fingerprint density at radius 1 is 0.963 bits per heavy atom. The van der Waals surface area contributed by atoms with Crippen LogP contribution in [0.25, 0.3) is 0 Å². The van der Waals surface area contributed by atoms with E-state index in [4.69, 9.17) is 0 Å². The molecule has 0 bridgehead atoms. The van der Waals surface area contributed by atoms with Gasteiger partial charge < -0.3 is 10.2 Å². The van der Waals surface area contributed by atoms with E-state index in [-0.39, 0.29) is 23.0 Å². The van der Waals surface area contributed by atoms with Crippen molar-refractivity contribution < 1.29 is 19.8 Å². The Bertz CT molecular complexity index is 698. The summed E-state index contributed by atoms with van der Waals surface area (Å²) in [4.78, 5) is 24.8. The van der Waals surface area contributed by atoms with Crippen molar-refractivity contribution in [3.63, 3.8) is 0 Å². The Labute approximate surface area is 163 Å². The minimum absolute atomic E-state index is 0.0353. The molecule has 4 nitrogen and oxygen atoms in total. The Hall–Kier alpha value is -0.740. The number of Topliss-reactive ketones (excluding diaryl/α,β-unsaturated/α-hetero) is 2. The maximum absolute atomic E-state index is 12.6. The molecule has 0 saturated heterocycles. The van der Waals surface area contributed by atoms with Gasteiger partial charge in [0.1, 0.15) is 17.2 Å². The van der Waals surface area contributed by atoms with Gasteiger partial charge in [-0.05, 0) is 75.5 Å². The van der Waals surface area contributed by atoms with Gasteiger partial charge in [0, 0.05) is 23.7 Å². The highest BCUT2D eigenvalue weighted by Crippen LogP contribution is 2.72. The Morgan fingerprint density at radius 3 is 2.19 bits per heavy atom. The van der Waals surface area contributed by atoms with Gasteiger partial charge in [-0.1, -0.05) is 20.8 Å². The zero-order chi connectivity index (χ0) is 20.0. The second kappa shape index (κ2) is 5.44. The lowest BCUT2D eigenvalue weighted by Crippen LogP contribution is -2.73. The van der Waals surface area contributed by atoms with Crippen LogP contribution in [-0.4, -0.2) is 33.0 Å². The molecular weight excluding hydrogens is 340 g/mol. The van der Waals surface area contributed by atoms with E-state index in [1.54, 1.807) is 13.8 Å². The largest absolute Gasteiger partial charge is 0.387 e. The molecule has 4 rings (SSSR count). The van der Waals surface area contributed by atoms with Gasteiger partial charge in [0.2, 0.25) is 0 Å². The first-order valence-electron chi connectivity index (χ1n) is 10.8. The number of fused-ring (bicyclic) bond motifs is 5. The molecule has 0 aromatic heterocycles. The van der Waals surface area contributed by atoms with E-state index < -0.39 is 16.6 Å². The quantitative estimate of drug-likeness (QED) is 0.732. The summed E-state index contributed by atoms with van der Waals surface area (Å²) in [6.45, 7) is 10.0. The van der Waals surface area contributed by atoms with Crippen molar-refractivity contribution in [3.8, 4) is 0 Å². The minimum atomic E-state index is -1.34. The van der Waals surface area contributed by atoms with E-state index >= 15 is 0 Å². The summed E-state index contributed by atoms with van der Waals surface area (Å²) in [6.07, 6.45) is 5.70. The van der Waals surface area contributed by atoms with Crippen molar-refractivity contribution in [3.05, 3.63) is 0 Å². The van der Waals surface area contributed by atoms with E-state index in [0.29, 0.717) is 42.8 Å². The van der Waals surface area contributed by atoms with Gasteiger partial charge in [-0.15, -0.1) is 0 Å². The maximum atomic E-state index is 12.6. The predicted octanol–water partition coefficient (Wildman–Crippen LogP) is 3.67. The first-order chi connectivity index (χ1) is 12.3. The molecule has 4 aliphatic carbocycles. The molecular formula is C23H36O4. The first kappa shape index (κ1) is 19.6. The number of ketones is 2. The van der Waals surface area contributed by atoms with Crippen molar-refractivity contribution in [1.29, 1.82) is 0 Å². The molecule has 152 valence electrons. The van der Waals surface area contributed by atoms with Gasteiger partial charge in [0.05, 0.1) is 5.60 Å². The van der Waals surface area contributed by atoms with Gasteiger partial charge in [-0.2, -0.15) is 0 Å². The first-order valence-corrected chi connectivity index (χ1v) is 10.8. The zero-order valence-electron chi connectivity index (χ0n) is 17.6. The molecule has 0 spiro atoms. The maximum Gasteiger partial charge on any atom is 0.136 e. The van der Waals surface area contributed by atoms with Gasteiger partial charge in [0.25, 0.3) is 0 Å². The number of hydrogen-bond donors (Lipinski definition) is 2. The van der Waals surface area contributed by atoms with Crippen LogP contribution in [0.5, 0.6) is 0 Å². The monoisotopic (exact) mass is 376 g/mol. The SMILES string of the molecule is CC(=O)[C@@]1(C)CC[C@H]2[C@@H]3CC(C)(O)C4(O)CC(=O)CC[C@]4(C)[C@H]3CC[C@@]21C. The molecule has 8 atom stereocenters. The summed E-state index contributed by atoms with van der Waals surface area (Å²) in [5.74, 6) is 1.37. The fraction of sp³-hybridized carbons (Fsp3) is 0.913. The summed E-state index contributed by atoms with van der Waals surface area (Å²) in [5.41, 5.74) is -3.37. The van der Waals surface area contributed by atoms with Crippen LogP contribution in [0.3, 0.4) is 0 Å². The van der Waals surface area contributed by atoms with Crippen LogP contribution in [-0.2, 0) is 9.59 Å². The van der Waals surface area contributed by atoms with Crippen LogP contribution in [0.2, 0.25) is 0 Å². The third-order valence-electron chi connectivity index (χ3n) is 10.5. The highest BCUT2D eigenvalue weighted by atomic mass is 16.4. The summed E-state index contributed by atoms with van der Waals surface area (Å²) >= 11 is 0. The number of rotatable bonds is 1. The Morgan fingerprint density at radius 2 is 1.56 bits per heavy atom. The fourth-order valence-electron chi connectivity index (χ4n) is 8.32. The van der Waals surface area contributed by atoms with Gasteiger partial charge in [-0.25, -0.2) is 0 Å². The molecule has 0 aromatic carbocycles. The average Bonchev–Trinajstić information content (AvgIpc) is 2.84. The lowest BCUT2D eigenvalue weighted by atomic mass is 9.39. The molecule has 0 radical (unpaired) electrons. The number of aliphatic hydroxyl groups is 2. The van der Waals surface area contributed by atoms with Crippen LogP contribution in [0, 0.1) is 34.0 Å². The topological polar surface area (TPSA) is 74.6 Å². The lowest BCUT2D eigenvalue weighted by molar-refractivity contribution is -0.286. The summed E-state index contributed by atoms with van der Waals surface area (Å²) in [7, 11) is 0. The summed E-state index contributed by atoms with van der Waals surface area (Å²) in [6, 6.07) is 0. The van der Waals surface area contributed by atoms with Crippen molar-refractivity contribution in [1.82, 2.24) is 0 Å². The van der Waals surface area contributed by atoms with E-state index in [9.17, 15) is 19.8 Å². The summed E-state index contributed by atoms with van der Waals surface area (Å²) in [5, 5.41) is 23.1. The second-order valence-electron chi connectivity index (χ2n) is 11.2. The van der Waals surface area contributed by atoms with Gasteiger partial charge in [-0.3, -0.25) is 9.59 Å². The Balaban J connectivity index is 1.78. The molecule has 0 amide bonds. The fourth-order valence-corrected chi connectivity index (χ4v) is 8.32. The Kier molecular flexibility index (Phi) is 3.95. The van der Waals surface area contributed by atoms with Crippen molar-refractivity contribution in [2.75, 3.05) is 0 Å². The third-order valence-corrected chi connectivity index (χ3v) is 10.5. The van der Waals surface area contributed by atoms with E-state index in [1.165, 1.54) is 0 Å². The highest BCUT2D eigenvalue weighted by molar-refractivity contribution is 5.83. The van der Waals surface area contributed by atoms with E-state index in [0.717, 1.165) is 25.7 Å². The summed E-state index contributed by atoms with van der Waals surface area (Å²) < 4.78 is 0. The molecule has 0 aromatic rings. The highest BCUT2D eigenvalue weighted by Gasteiger charge is 2.72. The van der Waals surface area contributed by atoms with Crippen LogP contribution in [0.1, 0.15) is 86.0 Å². The third kappa shape index (κ3) is 2.12. The molecule has 4 fully saturated rings. The van der Waals surface area contributed by atoms with E-state index in [1.807, 2.05) is 0 Å². The second-order valence-corrected chi connectivity index (χ2v) is 11.2. The van der Waals surface area contributed by atoms with Crippen molar-refractivity contribution in [2.24, 2.45) is 34.0 Å². The molecule has 0 aliphatic heterocycles. The standard InChI is InChI=1S/C23H36O4/c1-14(24)19(2)10-7-17-16-13-22(5,26)23(27)12-15(25)6-9-21(23,4)18(16)8-11-20(17,19)3/h16-18,26-27H,6-13H2,1-5H3/t16-,17-,18-,19+,20-,21+,22?,23?/m0/s1. The number of carbonyl (C=O) groups excluding carboxylic acids is 2. The van der Waals surface area contributed by atoms with E-state index in [2.05, 4.69) is 20.8 Å². The average molecular weight is 377 g/mol. The smallest absolute Gasteiger partial charge is 0.136 e. The van der Waals surface area contributed by atoms with Crippen molar-refractivity contribution >= 4 is 11.6 Å². The minimum Gasteiger partial charge on any atom is -0.387 e. The molecule has 2 unspecified atom stereocenters. The molecule has 4 saturated carbocycles. The number of hydrogen-bond acceptors (Lipinski definition) is 4. The number of carbonyl (C=O) groups is 2. The molecule has 27 heavy (non-hydrogen) atoms. The molecule has 2 N–H and O–H groups in total. The van der Waals surface area contributed by atoms with Crippen LogP contribution >= 0.6 is 0 Å². The van der Waals surface area contributed by atoms with Crippen LogP contribution in [0.15, 0.2) is 0 Å². The normalized spacial score (nSPS) is 57.6. The van der Waals surface area contributed by atoms with Gasteiger partial charge >= 0.3 is 0 Å². The van der Waals surface area contributed by atoms with Crippen LogP contribution < -0.4 is 0 Å². The molecule has 4 heteroatoms. The van der Waals surface area contributed by atoms with Crippen LogP contribution in [0.4, 0.5) is 0 Å². The van der Waals surface area contributed by atoms with Crippen molar-refractivity contribution in [2.45, 2.75) is 97.2 Å².